The normalized spacial score (nSPS) is 39.4. The third-order valence-corrected chi connectivity index (χ3v) is 10.4. The number of rotatable bonds is 5. The summed E-state index contributed by atoms with van der Waals surface area (Å²) >= 11 is 0. The molecule has 1 spiro atoms. The van der Waals surface area contributed by atoms with Gasteiger partial charge in [0.05, 0.1) is 12.0 Å². The highest BCUT2D eigenvalue weighted by Crippen LogP contribution is 2.70. The molecule has 9 atom stereocenters. The van der Waals surface area contributed by atoms with Crippen LogP contribution in [-0.2, 0) is 47.6 Å². The molecule has 11 nitrogen and oxygen atoms in total. The van der Waals surface area contributed by atoms with Crippen LogP contribution in [-0.4, -0.2) is 72.1 Å². The molecule has 2 aliphatic carbocycles. The Hall–Kier alpha value is -3.73. The van der Waals surface area contributed by atoms with Crippen molar-refractivity contribution in [1.82, 2.24) is 0 Å². The monoisotopic (exact) mass is 612 g/mol. The lowest BCUT2D eigenvalue weighted by atomic mass is 9.40. The quantitative estimate of drug-likeness (QED) is 0.272. The Kier molecular flexibility index (Phi) is 7.93. The van der Waals surface area contributed by atoms with Crippen LogP contribution in [0.15, 0.2) is 42.5 Å². The van der Waals surface area contributed by atoms with Crippen molar-refractivity contribution in [3.8, 4) is 0 Å². The minimum atomic E-state index is -1.56. The zero-order chi connectivity index (χ0) is 32.2. The summed E-state index contributed by atoms with van der Waals surface area (Å²) in [5.41, 5.74) is -4.19. The minimum absolute atomic E-state index is 0.0697. The van der Waals surface area contributed by atoms with Crippen molar-refractivity contribution in [2.75, 3.05) is 6.61 Å². The van der Waals surface area contributed by atoms with E-state index in [-0.39, 0.29) is 19.4 Å². The lowest BCUT2D eigenvalue weighted by Crippen LogP contribution is -2.82. The van der Waals surface area contributed by atoms with E-state index in [1.807, 2.05) is 13.8 Å². The molecule has 5 rings (SSSR count). The average Bonchev–Trinajstić information content (AvgIpc) is 3.29. The lowest BCUT2D eigenvalue weighted by Gasteiger charge is -2.71. The second-order valence-corrected chi connectivity index (χ2v) is 13.1. The molecule has 2 saturated carbocycles. The van der Waals surface area contributed by atoms with E-state index in [9.17, 15) is 24.0 Å². The van der Waals surface area contributed by atoms with E-state index in [2.05, 4.69) is 6.58 Å². The molecule has 4 fully saturated rings. The number of carbonyl (C=O) groups excluding carboxylic acids is 5. The molecule has 1 aromatic carbocycles. The van der Waals surface area contributed by atoms with Gasteiger partial charge in [0.2, 0.25) is 0 Å². The van der Waals surface area contributed by atoms with Crippen LogP contribution in [0.3, 0.4) is 0 Å². The number of hydrogen-bond acceptors (Lipinski definition) is 11. The highest BCUT2D eigenvalue weighted by atomic mass is 16.6. The van der Waals surface area contributed by atoms with Gasteiger partial charge in [0, 0.05) is 43.9 Å². The van der Waals surface area contributed by atoms with Crippen molar-refractivity contribution in [2.24, 2.45) is 16.7 Å². The summed E-state index contributed by atoms with van der Waals surface area (Å²) in [4.78, 5) is 64.2. The van der Waals surface area contributed by atoms with Gasteiger partial charge in [-0.2, -0.15) is 0 Å². The van der Waals surface area contributed by atoms with Crippen LogP contribution in [0, 0.1) is 16.7 Å². The predicted molar refractivity (Wildman–Crippen MR) is 153 cm³/mol. The largest absolute Gasteiger partial charge is 0.462 e. The highest BCUT2D eigenvalue weighted by molar-refractivity contribution is 5.89. The zero-order valence-corrected chi connectivity index (χ0v) is 26.0. The zero-order valence-electron chi connectivity index (χ0n) is 26.0. The van der Waals surface area contributed by atoms with E-state index in [4.69, 9.17) is 28.4 Å². The van der Waals surface area contributed by atoms with Crippen molar-refractivity contribution in [1.29, 1.82) is 0 Å². The lowest BCUT2D eigenvalue weighted by molar-refractivity contribution is -0.372. The first kappa shape index (κ1) is 31.7. The van der Waals surface area contributed by atoms with Gasteiger partial charge in [0.15, 0.2) is 12.2 Å². The molecular weight excluding hydrogens is 572 g/mol. The van der Waals surface area contributed by atoms with Gasteiger partial charge in [-0.05, 0) is 31.9 Å². The molecule has 2 heterocycles. The fraction of sp³-hybridized carbons (Fsp3) is 0.606. The fourth-order valence-electron chi connectivity index (χ4n) is 8.46. The first-order valence-corrected chi connectivity index (χ1v) is 14.9. The number of esters is 5. The van der Waals surface area contributed by atoms with Gasteiger partial charge in [-0.3, -0.25) is 19.2 Å². The van der Waals surface area contributed by atoms with Gasteiger partial charge < -0.3 is 28.4 Å². The standard InChI is InChI=1S/C33H40O11/c1-18-13-14-23(40-19(2)34)26-30(18,5)27(41-20(3)35)28(42-21(4)36)32(7)31(26,6)24(15-33(44-32)16-25(37)39-17-33)43-29(38)22-11-9-8-10-12-22/h8-12,23-24,26-28H,1,13-17H2,2-7H3/t23-,24+,26+,27+,28+,30+,31-,32+,33-/m1/s1. The van der Waals surface area contributed by atoms with Crippen molar-refractivity contribution >= 4 is 29.8 Å². The topological polar surface area (TPSA) is 141 Å². The third kappa shape index (κ3) is 4.89. The molecule has 44 heavy (non-hydrogen) atoms. The molecule has 1 aromatic rings. The number of hydrogen-bond donors (Lipinski definition) is 0. The molecule has 2 aliphatic heterocycles. The maximum absolute atomic E-state index is 13.7. The molecule has 11 heteroatoms. The Morgan fingerprint density at radius 3 is 2.07 bits per heavy atom. The maximum atomic E-state index is 13.7. The van der Waals surface area contributed by atoms with Gasteiger partial charge in [0.25, 0.3) is 0 Å². The van der Waals surface area contributed by atoms with Gasteiger partial charge in [-0.15, -0.1) is 0 Å². The molecule has 0 amide bonds. The van der Waals surface area contributed by atoms with Gasteiger partial charge >= 0.3 is 29.8 Å². The van der Waals surface area contributed by atoms with E-state index in [0.717, 1.165) is 0 Å². The number of cyclic esters (lactones) is 1. The van der Waals surface area contributed by atoms with Crippen molar-refractivity contribution < 1.29 is 52.4 Å². The van der Waals surface area contributed by atoms with Crippen LogP contribution in [0.2, 0.25) is 0 Å². The number of ether oxygens (including phenoxy) is 6. The van der Waals surface area contributed by atoms with Gasteiger partial charge in [-0.25, -0.2) is 4.79 Å². The van der Waals surface area contributed by atoms with Crippen LogP contribution < -0.4 is 0 Å². The Bertz CT molecular complexity index is 1390. The van der Waals surface area contributed by atoms with E-state index < -0.39 is 82.2 Å². The van der Waals surface area contributed by atoms with Crippen LogP contribution in [0.5, 0.6) is 0 Å². The summed E-state index contributed by atoms with van der Waals surface area (Å²) in [5, 5.41) is 0. The van der Waals surface area contributed by atoms with E-state index in [0.29, 0.717) is 24.0 Å². The summed E-state index contributed by atoms with van der Waals surface area (Å²) < 4.78 is 36.7. The number of fused-ring (bicyclic) bond motifs is 3. The summed E-state index contributed by atoms with van der Waals surface area (Å²) in [6.45, 7) is 13.5. The summed E-state index contributed by atoms with van der Waals surface area (Å²) in [7, 11) is 0. The number of benzene rings is 1. The second-order valence-electron chi connectivity index (χ2n) is 13.1. The Labute approximate surface area is 256 Å². The molecule has 238 valence electrons. The summed E-state index contributed by atoms with van der Waals surface area (Å²) in [6, 6.07) is 8.49. The summed E-state index contributed by atoms with van der Waals surface area (Å²) in [6.07, 6.45) is -3.30. The van der Waals surface area contributed by atoms with Crippen molar-refractivity contribution in [3.63, 3.8) is 0 Å². The molecule has 0 unspecified atom stereocenters. The first-order chi connectivity index (χ1) is 20.6. The first-order valence-electron chi connectivity index (χ1n) is 14.9. The molecule has 0 bridgehead atoms. The third-order valence-electron chi connectivity index (χ3n) is 10.4. The van der Waals surface area contributed by atoms with Gasteiger partial charge in [-0.1, -0.05) is 44.2 Å². The van der Waals surface area contributed by atoms with Crippen LogP contribution in [0.1, 0.15) is 77.6 Å². The molecule has 4 aliphatic rings. The van der Waals surface area contributed by atoms with Crippen LogP contribution in [0.25, 0.3) is 0 Å². The Morgan fingerprint density at radius 1 is 0.886 bits per heavy atom. The van der Waals surface area contributed by atoms with E-state index in [1.165, 1.54) is 20.8 Å². The van der Waals surface area contributed by atoms with Crippen molar-refractivity contribution in [2.45, 2.75) is 103 Å². The van der Waals surface area contributed by atoms with Crippen LogP contribution in [0.4, 0.5) is 0 Å². The number of carbonyl (C=O) groups is 5. The van der Waals surface area contributed by atoms with Gasteiger partial charge in [0.1, 0.15) is 30.0 Å². The van der Waals surface area contributed by atoms with E-state index in [1.54, 1.807) is 37.3 Å². The Morgan fingerprint density at radius 2 is 1.50 bits per heavy atom. The average molecular weight is 613 g/mol. The predicted octanol–water partition coefficient (Wildman–Crippen LogP) is 3.86. The highest BCUT2D eigenvalue weighted by Gasteiger charge is 2.79. The maximum Gasteiger partial charge on any atom is 0.338 e. The second kappa shape index (κ2) is 11.0. The van der Waals surface area contributed by atoms with Crippen molar-refractivity contribution in [3.05, 3.63) is 48.0 Å². The minimum Gasteiger partial charge on any atom is -0.462 e. The Balaban J connectivity index is 1.78. The molecule has 2 saturated heterocycles. The molecule has 0 radical (unpaired) electrons. The molecular formula is C33H40O11. The smallest absolute Gasteiger partial charge is 0.338 e. The fourth-order valence-corrected chi connectivity index (χ4v) is 8.46. The van der Waals surface area contributed by atoms with Crippen LogP contribution >= 0.6 is 0 Å². The molecule has 0 aromatic heterocycles. The van der Waals surface area contributed by atoms with E-state index >= 15 is 0 Å². The molecule has 0 N–H and O–H groups in total. The summed E-state index contributed by atoms with van der Waals surface area (Å²) in [5.74, 6) is -3.59. The SMILES string of the molecule is C=C1CC[C@@H](OC(C)=O)[C@H]2[C@@]1(C)[C@@H](OC(C)=O)[C@H](OC(C)=O)[C@]1(C)O[C@]3(COC(=O)C3)C[C@H](OC(=O)c3ccccc3)[C@]21C.